The maximum atomic E-state index is 12.8. The van der Waals surface area contributed by atoms with Crippen molar-refractivity contribution in [3.05, 3.63) is 35.4 Å². The Morgan fingerprint density at radius 3 is 2.43 bits per heavy atom. The number of nitrogens with one attached hydrogen (secondary N) is 2. The Balaban J connectivity index is 1.67. The Kier molecular flexibility index (Phi) is 8.13. The van der Waals surface area contributed by atoms with E-state index in [-0.39, 0.29) is 5.75 Å². The van der Waals surface area contributed by atoms with Gasteiger partial charge in [-0.05, 0) is 42.7 Å². The first-order valence-corrected chi connectivity index (χ1v) is 12.7. The van der Waals surface area contributed by atoms with Crippen molar-refractivity contribution in [2.45, 2.75) is 51.8 Å². The van der Waals surface area contributed by atoms with Crippen LogP contribution in [0.3, 0.4) is 0 Å². The fourth-order valence-corrected chi connectivity index (χ4v) is 5.64. The standard InChI is InChI=1S/C22H36N4O3S/c1-3-22(10-7-11-22)18-25-21(23-4-2)24-16-19-8-5-6-9-20(19)17-30(27,28)26-12-14-29-15-13-26/h5-6,8-9H,3-4,7,10-18H2,1-2H3,(H2,23,24,25). The average Bonchev–Trinajstić information content (AvgIpc) is 2.73. The number of ether oxygens (including phenoxy) is 1. The molecule has 1 aromatic rings. The molecule has 0 unspecified atom stereocenters. The molecule has 168 valence electrons. The SMILES string of the molecule is CCNC(=NCc1ccccc1CS(=O)(=O)N1CCOCC1)NCC1(CC)CCC1. The Morgan fingerprint density at radius 2 is 1.83 bits per heavy atom. The maximum absolute atomic E-state index is 12.8. The monoisotopic (exact) mass is 436 g/mol. The van der Waals surface area contributed by atoms with Crippen LogP contribution in [0.25, 0.3) is 0 Å². The van der Waals surface area contributed by atoms with E-state index in [0.717, 1.165) is 30.2 Å². The molecular formula is C22H36N4O3S. The molecule has 0 radical (unpaired) electrons. The molecule has 0 atom stereocenters. The number of aliphatic imine (C=N–C) groups is 1. The van der Waals surface area contributed by atoms with Crippen molar-refractivity contribution < 1.29 is 13.2 Å². The zero-order valence-corrected chi connectivity index (χ0v) is 19.1. The summed E-state index contributed by atoms with van der Waals surface area (Å²) in [6.07, 6.45) is 5.05. The number of guanidine groups is 1. The predicted octanol–water partition coefficient (Wildman–Crippen LogP) is 2.48. The third-order valence-corrected chi connectivity index (χ3v) is 8.19. The van der Waals surface area contributed by atoms with Crippen molar-refractivity contribution in [2.75, 3.05) is 39.4 Å². The summed E-state index contributed by atoms with van der Waals surface area (Å²) in [6, 6.07) is 7.69. The maximum Gasteiger partial charge on any atom is 0.218 e. The summed E-state index contributed by atoms with van der Waals surface area (Å²) in [5, 5.41) is 6.82. The molecule has 1 heterocycles. The summed E-state index contributed by atoms with van der Waals surface area (Å²) in [4.78, 5) is 4.75. The molecule has 7 nitrogen and oxygen atoms in total. The summed E-state index contributed by atoms with van der Waals surface area (Å²) in [7, 11) is -3.36. The summed E-state index contributed by atoms with van der Waals surface area (Å²) in [6.45, 7) is 8.26. The summed E-state index contributed by atoms with van der Waals surface area (Å²) >= 11 is 0. The molecule has 1 saturated carbocycles. The van der Waals surface area contributed by atoms with Crippen molar-refractivity contribution in [3.8, 4) is 0 Å². The highest BCUT2D eigenvalue weighted by Gasteiger charge is 2.34. The zero-order chi connectivity index (χ0) is 21.5. The van der Waals surface area contributed by atoms with Gasteiger partial charge in [-0.15, -0.1) is 0 Å². The molecule has 1 aliphatic carbocycles. The van der Waals surface area contributed by atoms with E-state index in [4.69, 9.17) is 9.73 Å². The molecule has 8 heteroatoms. The highest BCUT2D eigenvalue weighted by atomic mass is 32.2. The van der Waals surface area contributed by atoms with Gasteiger partial charge in [0.05, 0.1) is 25.5 Å². The van der Waals surface area contributed by atoms with Crippen molar-refractivity contribution in [2.24, 2.45) is 10.4 Å². The minimum absolute atomic E-state index is 0.00159. The molecule has 0 bridgehead atoms. The van der Waals surface area contributed by atoms with Crippen LogP contribution in [-0.2, 0) is 27.1 Å². The molecule has 0 spiro atoms. The van der Waals surface area contributed by atoms with E-state index in [0.29, 0.717) is 38.3 Å². The van der Waals surface area contributed by atoms with Gasteiger partial charge in [0.1, 0.15) is 0 Å². The molecular weight excluding hydrogens is 400 g/mol. The van der Waals surface area contributed by atoms with Crippen molar-refractivity contribution in [1.29, 1.82) is 0 Å². The summed E-state index contributed by atoms with van der Waals surface area (Å²) in [5.41, 5.74) is 2.16. The average molecular weight is 437 g/mol. The molecule has 2 N–H and O–H groups in total. The Hall–Kier alpha value is -1.64. The Morgan fingerprint density at radius 1 is 1.13 bits per heavy atom. The minimum atomic E-state index is -3.36. The first-order chi connectivity index (χ1) is 14.5. The molecule has 3 rings (SSSR count). The van der Waals surface area contributed by atoms with Gasteiger partial charge in [0.2, 0.25) is 10.0 Å². The van der Waals surface area contributed by atoms with Crippen LogP contribution in [0.2, 0.25) is 0 Å². The lowest BCUT2D eigenvalue weighted by Crippen LogP contribution is -2.46. The largest absolute Gasteiger partial charge is 0.379 e. The fourth-order valence-electron chi connectivity index (χ4n) is 4.07. The molecule has 30 heavy (non-hydrogen) atoms. The van der Waals surface area contributed by atoms with Crippen LogP contribution in [-0.4, -0.2) is 58.1 Å². The third-order valence-electron chi connectivity index (χ3n) is 6.37. The van der Waals surface area contributed by atoms with Crippen molar-refractivity contribution in [1.82, 2.24) is 14.9 Å². The van der Waals surface area contributed by atoms with E-state index in [1.165, 1.54) is 30.0 Å². The molecule has 1 aromatic carbocycles. The van der Waals surface area contributed by atoms with Crippen LogP contribution in [0.5, 0.6) is 0 Å². The Bertz CT molecular complexity index is 810. The number of hydrogen-bond acceptors (Lipinski definition) is 4. The van der Waals surface area contributed by atoms with Gasteiger partial charge in [0.15, 0.2) is 5.96 Å². The van der Waals surface area contributed by atoms with E-state index in [1.54, 1.807) is 0 Å². The van der Waals surface area contributed by atoms with E-state index in [2.05, 4.69) is 24.5 Å². The third kappa shape index (κ3) is 5.95. The molecule has 0 amide bonds. The second-order valence-corrected chi connectivity index (χ2v) is 10.3. The predicted molar refractivity (Wildman–Crippen MR) is 121 cm³/mol. The van der Waals surface area contributed by atoms with Crippen LogP contribution in [0, 0.1) is 5.41 Å². The second kappa shape index (κ2) is 10.6. The smallest absolute Gasteiger partial charge is 0.218 e. The molecule has 1 aliphatic heterocycles. The number of sulfonamides is 1. The summed E-state index contributed by atoms with van der Waals surface area (Å²) < 4.78 is 32.5. The molecule has 1 saturated heterocycles. The number of hydrogen-bond donors (Lipinski definition) is 2. The number of benzene rings is 1. The van der Waals surface area contributed by atoms with Crippen molar-refractivity contribution >= 4 is 16.0 Å². The lowest BCUT2D eigenvalue weighted by molar-refractivity contribution is 0.0729. The van der Waals surface area contributed by atoms with E-state index in [1.807, 2.05) is 24.3 Å². The van der Waals surface area contributed by atoms with Gasteiger partial charge >= 0.3 is 0 Å². The van der Waals surface area contributed by atoms with Gasteiger partial charge < -0.3 is 15.4 Å². The first-order valence-electron chi connectivity index (χ1n) is 11.1. The molecule has 0 aromatic heterocycles. The lowest BCUT2D eigenvalue weighted by atomic mass is 9.67. The Labute approximate surface area is 181 Å². The van der Waals surface area contributed by atoms with Crippen LogP contribution in [0.1, 0.15) is 50.7 Å². The topological polar surface area (TPSA) is 83.0 Å². The zero-order valence-electron chi connectivity index (χ0n) is 18.3. The van der Waals surface area contributed by atoms with Gasteiger partial charge in [-0.1, -0.05) is 37.6 Å². The number of nitrogens with zero attached hydrogens (tertiary/aromatic N) is 2. The summed E-state index contributed by atoms with van der Waals surface area (Å²) in [5.74, 6) is 0.796. The highest BCUT2D eigenvalue weighted by Crippen LogP contribution is 2.43. The lowest BCUT2D eigenvalue weighted by Gasteiger charge is -2.41. The first kappa shape index (κ1) is 23.0. The molecule has 2 fully saturated rings. The molecule has 2 aliphatic rings. The quantitative estimate of drug-likeness (QED) is 0.459. The number of morpholine rings is 1. The number of rotatable bonds is 9. The van der Waals surface area contributed by atoms with E-state index >= 15 is 0 Å². The van der Waals surface area contributed by atoms with E-state index in [9.17, 15) is 8.42 Å². The van der Waals surface area contributed by atoms with Crippen LogP contribution in [0.15, 0.2) is 29.3 Å². The van der Waals surface area contributed by atoms with E-state index < -0.39 is 10.0 Å². The van der Waals surface area contributed by atoms with Gasteiger partial charge in [-0.2, -0.15) is 4.31 Å². The fraction of sp³-hybridized carbons (Fsp3) is 0.682. The van der Waals surface area contributed by atoms with Gasteiger partial charge in [0.25, 0.3) is 0 Å². The second-order valence-electron chi connectivity index (χ2n) is 8.29. The van der Waals surface area contributed by atoms with Crippen molar-refractivity contribution in [3.63, 3.8) is 0 Å². The van der Waals surface area contributed by atoms with Crippen LogP contribution < -0.4 is 10.6 Å². The van der Waals surface area contributed by atoms with Gasteiger partial charge in [-0.3, -0.25) is 0 Å². The minimum Gasteiger partial charge on any atom is -0.379 e. The van der Waals surface area contributed by atoms with Gasteiger partial charge in [0, 0.05) is 26.2 Å². The van der Waals surface area contributed by atoms with Crippen LogP contribution in [0.4, 0.5) is 0 Å². The van der Waals surface area contributed by atoms with Crippen LogP contribution >= 0.6 is 0 Å². The normalized spacial score (nSPS) is 19.9. The highest BCUT2D eigenvalue weighted by molar-refractivity contribution is 7.88. The van der Waals surface area contributed by atoms with Gasteiger partial charge in [-0.25, -0.2) is 13.4 Å².